The molecule has 0 amide bonds. The van der Waals surface area contributed by atoms with Gasteiger partial charge in [0.25, 0.3) is 0 Å². The van der Waals surface area contributed by atoms with Crippen molar-refractivity contribution in [3.05, 3.63) is 47.6 Å². The van der Waals surface area contributed by atoms with Crippen molar-refractivity contribution in [2.45, 2.75) is 27.2 Å². The molecule has 0 fully saturated rings. The van der Waals surface area contributed by atoms with E-state index in [0.29, 0.717) is 0 Å². The van der Waals surface area contributed by atoms with E-state index in [9.17, 15) is 0 Å². The van der Waals surface area contributed by atoms with Gasteiger partial charge in [-0.05, 0) is 0 Å². The maximum atomic E-state index is 5.46. The topological polar surface area (TPSA) is 9.23 Å². The van der Waals surface area contributed by atoms with Gasteiger partial charge in [0.05, 0.1) is 0 Å². The first-order chi connectivity index (χ1) is 8.04. The third-order valence-corrected chi connectivity index (χ3v) is 3.41. The Morgan fingerprint density at radius 1 is 1.11 bits per heavy atom. The van der Waals surface area contributed by atoms with Crippen molar-refractivity contribution in [3.8, 4) is 5.75 Å². The monoisotopic (exact) mass is 333 g/mol. The fourth-order valence-electron chi connectivity index (χ4n) is 2.27. The zero-order valence-electron chi connectivity index (χ0n) is 11.4. The summed E-state index contributed by atoms with van der Waals surface area (Å²) in [6.07, 6.45) is 5.50. The smallest absolute Gasteiger partial charge is 0.147 e. The third-order valence-electron chi connectivity index (χ3n) is 3.06. The SMILES string of the molecule is CC(C)(C)C1=C(c2ccccc2[O][Ti])CC=C1.Cl.Cl. The normalized spacial score (nSPS) is 13.8. The molecule has 0 aromatic heterocycles. The predicted octanol–water partition coefficient (Wildman–Crippen LogP) is 5.13. The molecular formula is C15H19Cl2OTi. The van der Waals surface area contributed by atoms with Crippen molar-refractivity contribution < 1.29 is 24.1 Å². The summed E-state index contributed by atoms with van der Waals surface area (Å²) < 4.78 is 5.46. The molecule has 1 nitrogen and oxygen atoms in total. The summed E-state index contributed by atoms with van der Waals surface area (Å²) in [6, 6.07) is 8.26. The summed E-state index contributed by atoms with van der Waals surface area (Å²) >= 11 is 1.73. The van der Waals surface area contributed by atoms with Gasteiger partial charge in [-0.25, -0.2) is 0 Å². The van der Waals surface area contributed by atoms with Gasteiger partial charge in [-0.3, -0.25) is 0 Å². The van der Waals surface area contributed by atoms with Crippen LogP contribution in [-0.4, -0.2) is 0 Å². The number of para-hydroxylation sites is 1. The molecule has 0 unspecified atom stereocenters. The summed E-state index contributed by atoms with van der Waals surface area (Å²) in [4.78, 5) is 0. The maximum absolute atomic E-state index is 5.46. The molecule has 0 aliphatic heterocycles. The fraction of sp³-hybridized carbons (Fsp3) is 0.333. The van der Waals surface area contributed by atoms with E-state index >= 15 is 0 Å². The third kappa shape index (κ3) is 4.13. The van der Waals surface area contributed by atoms with Gasteiger partial charge < -0.3 is 0 Å². The molecule has 1 aromatic carbocycles. The Morgan fingerprint density at radius 2 is 1.74 bits per heavy atom. The van der Waals surface area contributed by atoms with Gasteiger partial charge in [-0.15, -0.1) is 24.8 Å². The Labute approximate surface area is 140 Å². The average Bonchev–Trinajstić information content (AvgIpc) is 2.77. The van der Waals surface area contributed by atoms with E-state index in [1.54, 1.807) is 20.8 Å². The van der Waals surface area contributed by atoms with E-state index in [0.717, 1.165) is 12.2 Å². The zero-order chi connectivity index (χ0) is 12.5. The molecule has 0 bridgehead atoms. The quantitative estimate of drug-likeness (QED) is 0.681. The number of allylic oxidation sites excluding steroid dienone is 4. The van der Waals surface area contributed by atoms with Gasteiger partial charge >= 0.3 is 116 Å². The molecule has 0 heterocycles. The summed E-state index contributed by atoms with van der Waals surface area (Å²) in [5, 5.41) is 0. The van der Waals surface area contributed by atoms with Crippen LogP contribution in [0.4, 0.5) is 0 Å². The van der Waals surface area contributed by atoms with Crippen LogP contribution in [-0.2, 0) is 20.8 Å². The van der Waals surface area contributed by atoms with Gasteiger partial charge in [0.15, 0.2) is 0 Å². The minimum Gasteiger partial charge on any atom is -0.147 e. The molecule has 1 aromatic rings. The van der Waals surface area contributed by atoms with Gasteiger partial charge in [-0.1, -0.05) is 0 Å². The molecule has 0 radical (unpaired) electrons. The molecule has 0 spiro atoms. The largest absolute Gasteiger partial charge is 0.147 e. The maximum Gasteiger partial charge on any atom is -0.147 e. The standard InChI is InChI=1S/C15H18O.2ClH.Ti/c1-15(2,3)13-9-6-8-11(13)12-7-4-5-10-14(12)16;;;/h4-7,9-10,16H,8H2,1-3H3;2*1H;/q;;;+1/p-1. The molecule has 2 rings (SSSR count). The number of rotatable bonds is 2. The number of halogens is 2. The van der Waals surface area contributed by atoms with Gasteiger partial charge in [0, 0.05) is 0 Å². The summed E-state index contributed by atoms with van der Waals surface area (Å²) in [6.45, 7) is 6.77. The van der Waals surface area contributed by atoms with Gasteiger partial charge in [0.2, 0.25) is 0 Å². The molecule has 0 saturated carbocycles. The Morgan fingerprint density at radius 3 is 2.32 bits per heavy atom. The molecule has 1 aliphatic carbocycles. The van der Waals surface area contributed by atoms with Gasteiger partial charge in [0.1, 0.15) is 0 Å². The van der Waals surface area contributed by atoms with Crippen molar-refractivity contribution in [2.75, 3.05) is 0 Å². The van der Waals surface area contributed by atoms with Crippen LogP contribution in [0.5, 0.6) is 5.75 Å². The zero-order valence-corrected chi connectivity index (χ0v) is 14.6. The van der Waals surface area contributed by atoms with Crippen molar-refractivity contribution in [2.24, 2.45) is 5.41 Å². The molecular weight excluding hydrogens is 315 g/mol. The summed E-state index contributed by atoms with van der Waals surface area (Å²) in [5.41, 5.74) is 4.23. The first-order valence-electron chi connectivity index (χ1n) is 5.87. The molecule has 103 valence electrons. The Bertz CT molecular complexity index is 487. The van der Waals surface area contributed by atoms with Crippen LogP contribution in [0.3, 0.4) is 0 Å². The second kappa shape index (κ2) is 7.54. The minimum atomic E-state index is 0. The summed E-state index contributed by atoms with van der Waals surface area (Å²) in [7, 11) is 0. The van der Waals surface area contributed by atoms with Crippen LogP contribution in [0, 0.1) is 5.41 Å². The van der Waals surface area contributed by atoms with Crippen LogP contribution in [0.2, 0.25) is 0 Å². The van der Waals surface area contributed by atoms with Gasteiger partial charge in [-0.2, -0.15) is 0 Å². The first-order valence-corrected chi connectivity index (χ1v) is 6.51. The first kappa shape index (κ1) is 18.8. The summed E-state index contributed by atoms with van der Waals surface area (Å²) in [5.74, 6) is 0.966. The number of hydrogen-bond donors (Lipinski definition) is 0. The number of benzene rings is 1. The second-order valence-electron chi connectivity index (χ2n) is 5.35. The van der Waals surface area contributed by atoms with Crippen molar-refractivity contribution >= 4 is 30.4 Å². The molecule has 19 heavy (non-hydrogen) atoms. The van der Waals surface area contributed by atoms with E-state index in [1.807, 2.05) is 12.1 Å². The van der Waals surface area contributed by atoms with E-state index < -0.39 is 0 Å². The van der Waals surface area contributed by atoms with Crippen molar-refractivity contribution in [3.63, 3.8) is 0 Å². The molecule has 4 heteroatoms. The molecule has 0 atom stereocenters. The van der Waals surface area contributed by atoms with Crippen LogP contribution in [0.25, 0.3) is 5.57 Å². The van der Waals surface area contributed by atoms with E-state index in [1.165, 1.54) is 16.7 Å². The van der Waals surface area contributed by atoms with Crippen LogP contribution in [0.1, 0.15) is 32.8 Å². The minimum absolute atomic E-state index is 0. The van der Waals surface area contributed by atoms with Crippen molar-refractivity contribution in [1.29, 1.82) is 0 Å². The average molecular weight is 334 g/mol. The molecule has 0 saturated heterocycles. The van der Waals surface area contributed by atoms with Crippen LogP contribution >= 0.6 is 24.8 Å². The van der Waals surface area contributed by atoms with Crippen LogP contribution in [0.15, 0.2) is 42.0 Å². The van der Waals surface area contributed by atoms with E-state index in [4.69, 9.17) is 3.32 Å². The van der Waals surface area contributed by atoms with Crippen LogP contribution < -0.4 is 3.32 Å². The Balaban J connectivity index is 0.00000162. The van der Waals surface area contributed by atoms with E-state index in [2.05, 4.69) is 45.1 Å². The number of hydrogen-bond acceptors (Lipinski definition) is 1. The predicted molar refractivity (Wildman–Crippen MR) is 81.7 cm³/mol. The Hall–Kier alpha value is -0.206. The second-order valence-corrected chi connectivity index (χ2v) is 5.67. The molecule has 0 N–H and O–H groups in total. The Kier molecular flexibility index (Phi) is 7.46. The van der Waals surface area contributed by atoms with E-state index in [-0.39, 0.29) is 30.2 Å². The molecule has 1 aliphatic rings. The fourth-order valence-corrected chi connectivity index (χ4v) is 2.55. The van der Waals surface area contributed by atoms with Crippen molar-refractivity contribution in [1.82, 2.24) is 0 Å².